The number of carbonyl (C=O) groups is 2. The molecule has 0 spiro atoms. The molecule has 2 amide bonds. The molecular formula is C20H20N6O4. The summed E-state index contributed by atoms with van der Waals surface area (Å²) in [4.78, 5) is 61.1. The zero-order chi connectivity index (χ0) is 21.4. The quantitative estimate of drug-likeness (QED) is 0.643. The first-order valence-electron chi connectivity index (χ1n) is 9.46. The lowest BCUT2D eigenvalue weighted by Gasteiger charge is -2.17. The molecule has 0 bridgehead atoms. The fourth-order valence-electron chi connectivity index (χ4n) is 3.22. The maximum absolute atomic E-state index is 12.7. The summed E-state index contributed by atoms with van der Waals surface area (Å²) < 4.78 is 1.46. The number of hydrogen-bond acceptors (Lipinski definition) is 6. The van der Waals surface area contributed by atoms with Gasteiger partial charge in [-0.1, -0.05) is 0 Å². The minimum absolute atomic E-state index is 0.0208. The Morgan fingerprint density at radius 1 is 1.27 bits per heavy atom. The Morgan fingerprint density at radius 3 is 2.73 bits per heavy atom. The van der Waals surface area contributed by atoms with Gasteiger partial charge in [-0.3, -0.25) is 23.9 Å². The van der Waals surface area contributed by atoms with Crippen LogP contribution in [0.3, 0.4) is 0 Å². The van der Waals surface area contributed by atoms with Crippen LogP contribution in [0, 0.1) is 6.92 Å². The highest BCUT2D eigenvalue weighted by Gasteiger charge is 2.28. The number of anilines is 1. The van der Waals surface area contributed by atoms with Crippen molar-refractivity contribution in [2.45, 2.75) is 25.8 Å². The molecule has 0 unspecified atom stereocenters. The summed E-state index contributed by atoms with van der Waals surface area (Å²) in [5.74, 6) is -0.476. The van der Waals surface area contributed by atoms with Crippen molar-refractivity contribution in [1.29, 1.82) is 0 Å². The molecule has 3 heterocycles. The average molecular weight is 408 g/mol. The van der Waals surface area contributed by atoms with E-state index in [9.17, 15) is 19.2 Å². The first kappa shape index (κ1) is 19.5. The van der Waals surface area contributed by atoms with E-state index in [4.69, 9.17) is 0 Å². The number of nitrogens with zero attached hydrogens (tertiary/aromatic N) is 4. The molecule has 10 nitrogen and oxygen atoms in total. The van der Waals surface area contributed by atoms with E-state index >= 15 is 0 Å². The third kappa shape index (κ3) is 3.84. The Hall–Kier alpha value is -3.82. The molecular weight excluding hydrogens is 388 g/mol. The number of H-pyrrole nitrogens is 1. The number of rotatable bonds is 5. The number of nitrogens with one attached hydrogen (secondary N) is 2. The van der Waals surface area contributed by atoms with Crippen molar-refractivity contribution < 1.29 is 9.59 Å². The van der Waals surface area contributed by atoms with Crippen LogP contribution in [0.4, 0.5) is 5.82 Å². The van der Waals surface area contributed by atoms with Crippen molar-refractivity contribution in [3.8, 4) is 0 Å². The Labute approximate surface area is 170 Å². The summed E-state index contributed by atoms with van der Waals surface area (Å²) in [7, 11) is 1.48. The van der Waals surface area contributed by atoms with Gasteiger partial charge in [0.05, 0.1) is 17.5 Å². The van der Waals surface area contributed by atoms with Crippen LogP contribution in [0.5, 0.6) is 0 Å². The van der Waals surface area contributed by atoms with Gasteiger partial charge in [-0.05, 0) is 43.5 Å². The lowest BCUT2D eigenvalue weighted by Crippen LogP contribution is -2.35. The molecule has 10 heteroatoms. The summed E-state index contributed by atoms with van der Waals surface area (Å²) >= 11 is 0. The van der Waals surface area contributed by atoms with E-state index in [-0.39, 0.29) is 29.2 Å². The minimum atomic E-state index is -0.597. The second kappa shape index (κ2) is 7.54. The number of fused-ring (bicyclic) bond motifs is 1. The Morgan fingerprint density at radius 2 is 2.03 bits per heavy atom. The molecule has 0 aromatic carbocycles. The van der Waals surface area contributed by atoms with Gasteiger partial charge in [-0.25, -0.2) is 14.8 Å². The number of amides is 2. The summed E-state index contributed by atoms with van der Waals surface area (Å²) in [5.41, 5.74) is 0.258. The van der Waals surface area contributed by atoms with E-state index in [1.54, 1.807) is 12.3 Å². The monoisotopic (exact) mass is 408 g/mol. The highest BCUT2D eigenvalue weighted by molar-refractivity contribution is 6.00. The first-order valence-corrected chi connectivity index (χ1v) is 9.46. The molecule has 0 atom stereocenters. The van der Waals surface area contributed by atoms with Crippen LogP contribution >= 0.6 is 0 Å². The summed E-state index contributed by atoms with van der Waals surface area (Å²) in [5, 5.41) is 2.80. The molecule has 0 aliphatic heterocycles. The fraction of sp³-hybridized carbons (Fsp3) is 0.300. The summed E-state index contributed by atoms with van der Waals surface area (Å²) in [6.07, 6.45) is 4.59. The van der Waals surface area contributed by atoms with Gasteiger partial charge < -0.3 is 10.2 Å². The van der Waals surface area contributed by atoms with Gasteiger partial charge in [-0.15, -0.1) is 0 Å². The largest absolute Gasteiger partial charge is 0.332 e. The first-order chi connectivity index (χ1) is 14.3. The molecule has 1 saturated carbocycles. The van der Waals surface area contributed by atoms with E-state index < -0.39 is 23.1 Å². The number of aromatic amines is 1. The van der Waals surface area contributed by atoms with Gasteiger partial charge in [0.2, 0.25) is 5.91 Å². The predicted octanol–water partition coefficient (Wildman–Crippen LogP) is 0.834. The second-order valence-corrected chi connectivity index (χ2v) is 7.38. The standard InChI is InChI=1S/C20H20N6O4/c1-11-5-6-21-15(7-11)23-16(27)10-25(2)19(29)12-8-14-17(22-9-12)26(13-3-4-13)20(30)24-18(14)28/h5-9,13H,3-4,10H2,1-2H3,(H,21,23,27)(H,24,28,30). The number of likely N-dealkylation sites (N-methyl/N-ethyl adjacent to an activating group) is 1. The summed E-state index contributed by atoms with van der Waals surface area (Å²) in [6, 6.07) is 4.95. The van der Waals surface area contributed by atoms with Crippen LogP contribution in [0.25, 0.3) is 11.0 Å². The van der Waals surface area contributed by atoms with Gasteiger partial charge in [0.25, 0.3) is 11.5 Å². The molecule has 1 aliphatic rings. The summed E-state index contributed by atoms with van der Waals surface area (Å²) in [6.45, 7) is 1.68. The van der Waals surface area contributed by atoms with Crippen molar-refractivity contribution >= 4 is 28.7 Å². The smallest absolute Gasteiger partial charge is 0.330 e. The van der Waals surface area contributed by atoms with Gasteiger partial charge in [-0.2, -0.15) is 0 Å². The van der Waals surface area contributed by atoms with Crippen LogP contribution in [0.2, 0.25) is 0 Å². The van der Waals surface area contributed by atoms with Crippen LogP contribution < -0.4 is 16.6 Å². The van der Waals surface area contributed by atoms with Crippen molar-refractivity contribution in [3.05, 3.63) is 62.6 Å². The van der Waals surface area contributed by atoms with Crippen molar-refractivity contribution in [3.63, 3.8) is 0 Å². The molecule has 154 valence electrons. The zero-order valence-corrected chi connectivity index (χ0v) is 16.5. The van der Waals surface area contributed by atoms with E-state index in [0.717, 1.165) is 18.4 Å². The lowest BCUT2D eigenvalue weighted by molar-refractivity contribution is -0.116. The lowest BCUT2D eigenvalue weighted by atomic mass is 10.2. The average Bonchev–Trinajstić information content (AvgIpc) is 3.52. The Balaban J connectivity index is 1.54. The zero-order valence-electron chi connectivity index (χ0n) is 16.5. The molecule has 3 aromatic rings. The van der Waals surface area contributed by atoms with Gasteiger partial charge in [0.1, 0.15) is 11.5 Å². The Bertz CT molecular complexity index is 1270. The normalized spacial score (nSPS) is 13.3. The molecule has 0 saturated heterocycles. The highest BCUT2D eigenvalue weighted by atomic mass is 16.2. The third-order valence-electron chi connectivity index (χ3n) is 4.85. The van der Waals surface area contributed by atoms with Gasteiger partial charge >= 0.3 is 5.69 Å². The number of hydrogen-bond donors (Lipinski definition) is 2. The predicted molar refractivity (Wildman–Crippen MR) is 109 cm³/mol. The van der Waals surface area contributed by atoms with Crippen molar-refractivity contribution in [2.75, 3.05) is 18.9 Å². The van der Waals surface area contributed by atoms with E-state index in [0.29, 0.717) is 5.82 Å². The molecule has 4 rings (SSSR count). The van der Waals surface area contributed by atoms with E-state index in [2.05, 4.69) is 20.3 Å². The van der Waals surface area contributed by atoms with E-state index in [1.165, 1.54) is 28.8 Å². The van der Waals surface area contributed by atoms with Crippen LogP contribution in [-0.4, -0.2) is 49.8 Å². The van der Waals surface area contributed by atoms with Gasteiger partial charge in [0.15, 0.2) is 0 Å². The van der Waals surface area contributed by atoms with E-state index in [1.807, 2.05) is 13.0 Å². The number of aryl methyl sites for hydroxylation is 1. The molecule has 1 fully saturated rings. The topological polar surface area (TPSA) is 130 Å². The molecule has 1 aliphatic carbocycles. The fourth-order valence-corrected chi connectivity index (χ4v) is 3.22. The molecule has 30 heavy (non-hydrogen) atoms. The molecule has 2 N–H and O–H groups in total. The number of carbonyl (C=O) groups excluding carboxylic acids is 2. The maximum Gasteiger partial charge on any atom is 0.330 e. The minimum Gasteiger partial charge on any atom is -0.332 e. The van der Waals surface area contributed by atoms with Crippen molar-refractivity contribution in [1.82, 2.24) is 24.4 Å². The molecule has 3 aromatic heterocycles. The van der Waals surface area contributed by atoms with Crippen molar-refractivity contribution in [2.24, 2.45) is 0 Å². The SMILES string of the molecule is Cc1ccnc(NC(=O)CN(C)C(=O)c2cnc3c(c2)c(=O)[nH]c(=O)n3C2CC2)c1. The third-order valence-corrected chi connectivity index (χ3v) is 4.85. The second-order valence-electron chi connectivity index (χ2n) is 7.38. The number of pyridine rings is 2. The Kier molecular flexibility index (Phi) is 4.90. The van der Waals surface area contributed by atoms with Crippen LogP contribution in [0.1, 0.15) is 34.8 Å². The maximum atomic E-state index is 12.7. The van der Waals surface area contributed by atoms with Crippen LogP contribution in [0.15, 0.2) is 40.2 Å². The van der Waals surface area contributed by atoms with Crippen LogP contribution in [-0.2, 0) is 4.79 Å². The van der Waals surface area contributed by atoms with Gasteiger partial charge in [0, 0.05) is 25.5 Å². The highest BCUT2D eigenvalue weighted by Crippen LogP contribution is 2.34. The number of aromatic nitrogens is 4. The molecule has 0 radical (unpaired) electrons.